The molecule has 1 aliphatic heterocycles. The second-order valence-electron chi connectivity index (χ2n) is 5.91. The Bertz CT molecular complexity index is 657. The first-order chi connectivity index (χ1) is 9.70. The number of aryl methyl sites for hydroxylation is 1. The van der Waals surface area contributed by atoms with Gasteiger partial charge in [-0.1, -0.05) is 19.9 Å². The summed E-state index contributed by atoms with van der Waals surface area (Å²) in [4.78, 5) is 14.4. The largest absolute Gasteiger partial charge is 0.338 e. The molecule has 0 saturated carbocycles. The van der Waals surface area contributed by atoms with Crippen molar-refractivity contribution in [3.8, 4) is 0 Å². The molecular weight excluding hydrogens is 310 g/mol. The molecule has 1 fully saturated rings. The fourth-order valence-electron chi connectivity index (χ4n) is 2.60. The lowest BCUT2D eigenvalue weighted by Gasteiger charge is -2.35. The van der Waals surface area contributed by atoms with Gasteiger partial charge in [0, 0.05) is 29.3 Å². The van der Waals surface area contributed by atoms with Crippen molar-refractivity contribution in [2.75, 3.05) is 13.1 Å². The summed E-state index contributed by atoms with van der Waals surface area (Å²) in [5.74, 6) is 0.932. The van der Waals surface area contributed by atoms with E-state index >= 15 is 0 Å². The molecule has 2 rings (SSSR count). The molecule has 0 bridgehead atoms. The number of nitrogens with zero attached hydrogens (tertiary/aromatic N) is 1. The van der Waals surface area contributed by atoms with E-state index in [9.17, 15) is 13.2 Å². The zero-order valence-corrected chi connectivity index (χ0v) is 14.0. The monoisotopic (exact) mass is 329 g/mol. The molecule has 6 heteroatoms. The third-order valence-electron chi connectivity index (χ3n) is 4.34. The van der Waals surface area contributed by atoms with Crippen LogP contribution in [0.3, 0.4) is 0 Å². The highest BCUT2D eigenvalue weighted by Gasteiger charge is 2.27. The van der Waals surface area contributed by atoms with Gasteiger partial charge in [-0.05, 0) is 42.9 Å². The van der Waals surface area contributed by atoms with Crippen LogP contribution in [-0.2, 0) is 9.05 Å². The summed E-state index contributed by atoms with van der Waals surface area (Å²) in [6.07, 6.45) is 0.972. The predicted molar refractivity (Wildman–Crippen MR) is 83.1 cm³/mol. The Kier molecular flexibility index (Phi) is 4.63. The summed E-state index contributed by atoms with van der Waals surface area (Å²) in [5, 5.41) is 0. The Morgan fingerprint density at radius 1 is 1.29 bits per heavy atom. The first-order valence-corrected chi connectivity index (χ1v) is 9.35. The number of amides is 1. The standard InChI is InChI=1S/C15H20ClNO3S/c1-10-6-7-17(9-12(10)3)15(18)14-8-13(21(16,19)20)5-4-11(14)2/h4-5,8,10,12H,6-7,9H2,1-3H3. The smallest absolute Gasteiger partial charge is 0.261 e. The van der Waals surface area contributed by atoms with Crippen LogP contribution >= 0.6 is 10.7 Å². The summed E-state index contributed by atoms with van der Waals surface area (Å²) in [7, 11) is 1.54. The van der Waals surface area contributed by atoms with Crippen molar-refractivity contribution >= 4 is 25.6 Å². The van der Waals surface area contributed by atoms with Crippen LogP contribution in [0.5, 0.6) is 0 Å². The zero-order chi connectivity index (χ0) is 15.8. The van der Waals surface area contributed by atoms with Crippen LogP contribution < -0.4 is 0 Å². The number of benzene rings is 1. The Morgan fingerprint density at radius 3 is 2.52 bits per heavy atom. The van der Waals surface area contributed by atoms with Gasteiger partial charge in [0.25, 0.3) is 15.0 Å². The molecule has 4 nitrogen and oxygen atoms in total. The van der Waals surface area contributed by atoms with Gasteiger partial charge in [0.1, 0.15) is 0 Å². The van der Waals surface area contributed by atoms with E-state index in [0.717, 1.165) is 12.0 Å². The average molecular weight is 330 g/mol. The highest BCUT2D eigenvalue weighted by molar-refractivity contribution is 8.13. The molecule has 0 aliphatic carbocycles. The normalized spacial score (nSPS) is 23.1. The molecule has 1 aromatic rings. The Labute approximate surface area is 130 Å². The highest BCUT2D eigenvalue weighted by atomic mass is 35.7. The molecule has 2 atom stereocenters. The number of piperidine rings is 1. The summed E-state index contributed by atoms with van der Waals surface area (Å²) >= 11 is 0. The first kappa shape index (κ1) is 16.3. The number of carbonyl (C=O) groups is 1. The number of likely N-dealkylation sites (tertiary alicyclic amines) is 1. The van der Waals surface area contributed by atoms with Crippen molar-refractivity contribution < 1.29 is 13.2 Å². The van der Waals surface area contributed by atoms with Gasteiger partial charge >= 0.3 is 0 Å². The second-order valence-corrected chi connectivity index (χ2v) is 8.47. The summed E-state index contributed by atoms with van der Waals surface area (Å²) < 4.78 is 22.9. The third kappa shape index (κ3) is 3.58. The third-order valence-corrected chi connectivity index (χ3v) is 5.69. The maximum atomic E-state index is 12.6. The highest BCUT2D eigenvalue weighted by Crippen LogP contribution is 2.26. The van der Waals surface area contributed by atoms with E-state index in [4.69, 9.17) is 10.7 Å². The summed E-state index contributed by atoms with van der Waals surface area (Å²) in [6.45, 7) is 7.54. The zero-order valence-electron chi connectivity index (χ0n) is 12.5. The Balaban J connectivity index is 2.31. The van der Waals surface area contributed by atoms with Crippen LogP contribution in [0.1, 0.15) is 36.2 Å². The molecule has 1 aliphatic rings. The van der Waals surface area contributed by atoms with Gasteiger partial charge in [0.2, 0.25) is 0 Å². The lowest BCUT2D eigenvalue weighted by molar-refractivity contribution is 0.0626. The molecule has 1 aromatic carbocycles. The van der Waals surface area contributed by atoms with Crippen molar-refractivity contribution in [3.05, 3.63) is 29.3 Å². The molecule has 0 N–H and O–H groups in total. The molecule has 21 heavy (non-hydrogen) atoms. The van der Waals surface area contributed by atoms with Gasteiger partial charge in [0.05, 0.1) is 4.90 Å². The first-order valence-electron chi connectivity index (χ1n) is 7.04. The second kappa shape index (κ2) is 5.97. The van der Waals surface area contributed by atoms with Crippen molar-refractivity contribution in [2.24, 2.45) is 11.8 Å². The van der Waals surface area contributed by atoms with Gasteiger partial charge in [-0.3, -0.25) is 4.79 Å². The van der Waals surface area contributed by atoms with Crippen molar-refractivity contribution in [2.45, 2.75) is 32.1 Å². The molecule has 0 radical (unpaired) electrons. The molecule has 0 spiro atoms. The minimum absolute atomic E-state index is 0.0310. The lowest BCUT2D eigenvalue weighted by Crippen LogP contribution is -2.42. The van der Waals surface area contributed by atoms with Crippen LogP contribution in [-0.4, -0.2) is 32.3 Å². The average Bonchev–Trinajstić information content (AvgIpc) is 2.40. The number of halogens is 1. The van der Waals surface area contributed by atoms with Gasteiger partial charge < -0.3 is 4.90 Å². The Hall–Kier alpha value is -1.07. The fraction of sp³-hybridized carbons (Fsp3) is 0.533. The lowest BCUT2D eigenvalue weighted by atomic mass is 9.88. The van der Waals surface area contributed by atoms with Crippen molar-refractivity contribution in [1.29, 1.82) is 0 Å². The quantitative estimate of drug-likeness (QED) is 0.784. The molecule has 116 valence electrons. The molecule has 0 aromatic heterocycles. The van der Waals surface area contributed by atoms with E-state index in [1.807, 2.05) is 0 Å². The van der Waals surface area contributed by atoms with Gasteiger partial charge in [-0.15, -0.1) is 0 Å². The fourth-order valence-corrected chi connectivity index (χ4v) is 3.38. The molecule has 2 unspecified atom stereocenters. The number of hydrogen-bond acceptors (Lipinski definition) is 3. The van der Waals surface area contributed by atoms with Gasteiger partial charge in [-0.2, -0.15) is 0 Å². The van der Waals surface area contributed by atoms with Crippen molar-refractivity contribution in [3.63, 3.8) is 0 Å². The van der Waals surface area contributed by atoms with Crippen LogP contribution in [0.15, 0.2) is 23.1 Å². The van der Waals surface area contributed by atoms with Gasteiger partial charge in [-0.25, -0.2) is 8.42 Å². The van der Waals surface area contributed by atoms with Gasteiger partial charge in [0.15, 0.2) is 0 Å². The Morgan fingerprint density at radius 2 is 1.95 bits per heavy atom. The minimum Gasteiger partial charge on any atom is -0.338 e. The SMILES string of the molecule is Cc1ccc(S(=O)(=O)Cl)cc1C(=O)N1CCC(C)C(C)C1. The minimum atomic E-state index is -3.82. The van der Waals surface area contributed by atoms with E-state index in [-0.39, 0.29) is 10.8 Å². The summed E-state index contributed by atoms with van der Waals surface area (Å²) in [5.41, 5.74) is 1.17. The van der Waals surface area contributed by atoms with E-state index in [0.29, 0.717) is 30.5 Å². The van der Waals surface area contributed by atoms with E-state index in [2.05, 4.69) is 13.8 Å². The molecule has 1 heterocycles. The van der Waals surface area contributed by atoms with Crippen LogP contribution in [0, 0.1) is 18.8 Å². The maximum Gasteiger partial charge on any atom is 0.261 e. The van der Waals surface area contributed by atoms with Crippen molar-refractivity contribution in [1.82, 2.24) is 4.90 Å². The summed E-state index contributed by atoms with van der Waals surface area (Å²) in [6, 6.07) is 4.43. The topological polar surface area (TPSA) is 54.5 Å². The van der Waals surface area contributed by atoms with Crippen LogP contribution in [0.4, 0.5) is 0 Å². The number of carbonyl (C=O) groups excluding carboxylic acids is 1. The number of hydrogen-bond donors (Lipinski definition) is 0. The molecule has 1 saturated heterocycles. The molecular formula is C15H20ClNO3S. The van der Waals surface area contributed by atoms with E-state index in [1.165, 1.54) is 12.1 Å². The number of rotatable bonds is 2. The van der Waals surface area contributed by atoms with Crippen LogP contribution in [0.25, 0.3) is 0 Å². The predicted octanol–water partition coefficient (Wildman–Crippen LogP) is 3.04. The van der Waals surface area contributed by atoms with Crippen LogP contribution in [0.2, 0.25) is 0 Å². The van der Waals surface area contributed by atoms with E-state index < -0.39 is 9.05 Å². The molecule has 1 amide bonds. The maximum absolute atomic E-state index is 12.6. The van der Waals surface area contributed by atoms with E-state index in [1.54, 1.807) is 17.9 Å².